The van der Waals surface area contributed by atoms with E-state index in [9.17, 15) is 4.79 Å². The highest BCUT2D eigenvalue weighted by molar-refractivity contribution is 7.99. The van der Waals surface area contributed by atoms with Crippen molar-refractivity contribution in [2.45, 2.75) is 25.3 Å². The number of hydrogen-bond acceptors (Lipinski definition) is 4. The first-order valence-electron chi connectivity index (χ1n) is 4.66. The van der Waals surface area contributed by atoms with Gasteiger partial charge in [-0.25, -0.2) is 0 Å². The van der Waals surface area contributed by atoms with Crippen LogP contribution in [0.5, 0.6) is 0 Å². The molecule has 0 aromatic heterocycles. The summed E-state index contributed by atoms with van der Waals surface area (Å²) in [5.74, 6) is 1.99. The van der Waals surface area contributed by atoms with Crippen LogP contribution in [-0.4, -0.2) is 36.7 Å². The molecule has 4 heteroatoms. The van der Waals surface area contributed by atoms with E-state index < -0.39 is 5.54 Å². The van der Waals surface area contributed by atoms with Gasteiger partial charge in [-0.15, -0.1) is 0 Å². The zero-order chi connectivity index (χ0) is 9.73. The van der Waals surface area contributed by atoms with E-state index in [4.69, 9.17) is 4.74 Å². The summed E-state index contributed by atoms with van der Waals surface area (Å²) in [5, 5.41) is 3.26. The van der Waals surface area contributed by atoms with E-state index in [1.807, 2.05) is 18.7 Å². The highest BCUT2D eigenvalue weighted by Crippen LogP contribution is 2.27. The fraction of sp³-hybridized carbons (Fsp3) is 0.889. The van der Waals surface area contributed by atoms with Crippen molar-refractivity contribution in [1.29, 1.82) is 0 Å². The average molecular weight is 203 g/mol. The largest absolute Gasteiger partial charge is 0.468 e. The lowest BCUT2D eigenvalue weighted by atomic mass is 9.92. The highest BCUT2D eigenvalue weighted by atomic mass is 32.2. The molecular weight excluding hydrogens is 186 g/mol. The van der Waals surface area contributed by atoms with Crippen LogP contribution in [0.1, 0.15) is 19.8 Å². The normalized spacial score (nSPS) is 21.1. The van der Waals surface area contributed by atoms with Crippen molar-refractivity contribution >= 4 is 17.7 Å². The van der Waals surface area contributed by atoms with E-state index in [1.165, 1.54) is 7.11 Å². The maximum absolute atomic E-state index is 11.6. The van der Waals surface area contributed by atoms with E-state index in [1.54, 1.807) is 0 Å². The fourth-order valence-electron chi connectivity index (χ4n) is 1.71. The molecular formula is C9H17NO2S. The van der Waals surface area contributed by atoms with Gasteiger partial charge in [0, 0.05) is 0 Å². The quantitative estimate of drug-likeness (QED) is 0.695. The van der Waals surface area contributed by atoms with Crippen molar-refractivity contribution in [2.24, 2.45) is 0 Å². The van der Waals surface area contributed by atoms with Gasteiger partial charge in [-0.05, 0) is 30.9 Å². The van der Waals surface area contributed by atoms with Gasteiger partial charge in [0.15, 0.2) is 0 Å². The third kappa shape index (κ3) is 2.38. The number of methoxy groups -OCH3 is 1. The first-order valence-corrected chi connectivity index (χ1v) is 5.82. The standard InChI is InChI=1S/C9H17NO2S/c1-3-10-9(8(11)12-2)4-6-13-7-5-9/h10H,3-7H2,1-2H3. The number of carbonyl (C=O) groups is 1. The zero-order valence-electron chi connectivity index (χ0n) is 8.26. The summed E-state index contributed by atoms with van der Waals surface area (Å²) in [7, 11) is 1.46. The summed E-state index contributed by atoms with van der Waals surface area (Å²) in [6.45, 7) is 2.84. The smallest absolute Gasteiger partial charge is 0.326 e. The Morgan fingerprint density at radius 2 is 2.15 bits per heavy atom. The number of carbonyl (C=O) groups excluding carboxylic acids is 1. The summed E-state index contributed by atoms with van der Waals surface area (Å²) >= 11 is 1.90. The lowest BCUT2D eigenvalue weighted by Gasteiger charge is -2.34. The van der Waals surface area contributed by atoms with Gasteiger partial charge in [-0.1, -0.05) is 6.92 Å². The first kappa shape index (κ1) is 10.9. The van der Waals surface area contributed by atoms with Crippen LogP contribution in [0.15, 0.2) is 0 Å². The Bertz CT molecular complexity index is 173. The Hall–Kier alpha value is -0.220. The molecule has 1 fully saturated rings. The Kier molecular flexibility index (Phi) is 4.06. The molecule has 1 rings (SSSR count). The zero-order valence-corrected chi connectivity index (χ0v) is 9.08. The van der Waals surface area contributed by atoms with Gasteiger partial charge in [0.1, 0.15) is 5.54 Å². The van der Waals surface area contributed by atoms with Crippen LogP contribution < -0.4 is 5.32 Å². The molecule has 0 atom stereocenters. The molecule has 0 radical (unpaired) electrons. The molecule has 1 aliphatic heterocycles. The van der Waals surface area contributed by atoms with E-state index in [0.717, 1.165) is 30.9 Å². The van der Waals surface area contributed by atoms with Crippen LogP contribution in [0.25, 0.3) is 0 Å². The second-order valence-electron chi connectivity index (χ2n) is 3.22. The van der Waals surface area contributed by atoms with Crippen molar-refractivity contribution in [2.75, 3.05) is 25.2 Å². The predicted octanol–water partition coefficient (Wildman–Crippen LogP) is 1.03. The Balaban J connectivity index is 2.66. The molecule has 0 aliphatic carbocycles. The Labute approximate surface area is 83.6 Å². The van der Waals surface area contributed by atoms with E-state index in [0.29, 0.717) is 0 Å². The molecule has 1 aliphatic rings. The molecule has 0 saturated carbocycles. The van der Waals surface area contributed by atoms with Crippen LogP contribution in [0.4, 0.5) is 0 Å². The summed E-state index contributed by atoms with van der Waals surface area (Å²) < 4.78 is 4.83. The van der Waals surface area contributed by atoms with Crippen molar-refractivity contribution in [1.82, 2.24) is 5.32 Å². The molecule has 76 valence electrons. The van der Waals surface area contributed by atoms with Gasteiger partial charge in [0.05, 0.1) is 7.11 Å². The SMILES string of the molecule is CCNC1(C(=O)OC)CCSCC1. The number of esters is 1. The van der Waals surface area contributed by atoms with E-state index >= 15 is 0 Å². The van der Waals surface area contributed by atoms with Crippen LogP contribution in [0, 0.1) is 0 Å². The Morgan fingerprint density at radius 1 is 1.54 bits per heavy atom. The summed E-state index contributed by atoms with van der Waals surface area (Å²) in [6.07, 6.45) is 1.77. The number of likely N-dealkylation sites (N-methyl/N-ethyl adjacent to an activating group) is 1. The minimum absolute atomic E-state index is 0.102. The van der Waals surface area contributed by atoms with Gasteiger partial charge in [0.2, 0.25) is 0 Å². The van der Waals surface area contributed by atoms with Gasteiger partial charge in [-0.2, -0.15) is 11.8 Å². The van der Waals surface area contributed by atoms with Crippen LogP contribution >= 0.6 is 11.8 Å². The maximum Gasteiger partial charge on any atom is 0.326 e. The van der Waals surface area contributed by atoms with Gasteiger partial charge in [-0.3, -0.25) is 4.79 Å². The van der Waals surface area contributed by atoms with E-state index in [2.05, 4.69) is 5.32 Å². The summed E-state index contributed by atoms with van der Waals surface area (Å²) in [4.78, 5) is 11.6. The number of ether oxygens (including phenoxy) is 1. The molecule has 0 spiro atoms. The highest BCUT2D eigenvalue weighted by Gasteiger charge is 2.39. The van der Waals surface area contributed by atoms with Crippen molar-refractivity contribution < 1.29 is 9.53 Å². The third-order valence-corrected chi connectivity index (χ3v) is 3.42. The Morgan fingerprint density at radius 3 is 2.62 bits per heavy atom. The second kappa shape index (κ2) is 4.86. The molecule has 0 aromatic rings. The monoisotopic (exact) mass is 203 g/mol. The average Bonchev–Trinajstić information content (AvgIpc) is 2.18. The maximum atomic E-state index is 11.6. The lowest BCUT2D eigenvalue weighted by molar-refractivity contribution is -0.149. The molecule has 1 N–H and O–H groups in total. The molecule has 0 amide bonds. The number of hydrogen-bond donors (Lipinski definition) is 1. The van der Waals surface area contributed by atoms with Crippen molar-refractivity contribution in [3.63, 3.8) is 0 Å². The first-order chi connectivity index (χ1) is 6.25. The summed E-state index contributed by atoms with van der Waals surface area (Å²) in [5.41, 5.74) is -0.394. The van der Waals surface area contributed by atoms with Crippen molar-refractivity contribution in [3.05, 3.63) is 0 Å². The topological polar surface area (TPSA) is 38.3 Å². The molecule has 1 saturated heterocycles. The minimum atomic E-state index is -0.394. The second-order valence-corrected chi connectivity index (χ2v) is 4.44. The number of nitrogens with one attached hydrogen (secondary N) is 1. The third-order valence-electron chi connectivity index (χ3n) is 2.44. The van der Waals surface area contributed by atoms with Gasteiger partial charge >= 0.3 is 5.97 Å². The molecule has 13 heavy (non-hydrogen) atoms. The van der Waals surface area contributed by atoms with Crippen molar-refractivity contribution in [3.8, 4) is 0 Å². The lowest BCUT2D eigenvalue weighted by Crippen LogP contribution is -2.54. The molecule has 1 heterocycles. The fourth-order valence-corrected chi connectivity index (χ4v) is 2.90. The molecule has 0 unspecified atom stereocenters. The van der Waals surface area contributed by atoms with Crippen LogP contribution in [0.3, 0.4) is 0 Å². The predicted molar refractivity (Wildman–Crippen MR) is 55.0 cm³/mol. The molecule has 0 aromatic carbocycles. The minimum Gasteiger partial charge on any atom is -0.468 e. The van der Waals surface area contributed by atoms with Crippen LogP contribution in [-0.2, 0) is 9.53 Å². The van der Waals surface area contributed by atoms with Gasteiger partial charge in [0.25, 0.3) is 0 Å². The number of thioether (sulfide) groups is 1. The van der Waals surface area contributed by atoms with E-state index in [-0.39, 0.29) is 5.97 Å². The summed E-state index contributed by atoms with van der Waals surface area (Å²) in [6, 6.07) is 0. The number of rotatable bonds is 3. The molecule has 0 bridgehead atoms. The molecule has 3 nitrogen and oxygen atoms in total. The van der Waals surface area contributed by atoms with Crippen LogP contribution in [0.2, 0.25) is 0 Å². The van der Waals surface area contributed by atoms with Gasteiger partial charge < -0.3 is 10.1 Å².